The van der Waals surface area contributed by atoms with Gasteiger partial charge in [-0.3, -0.25) is 0 Å². The fourth-order valence-corrected chi connectivity index (χ4v) is 2.98. The van der Waals surface area contributed by atoms with Gasteiger partial charge in [0.25, 0.3) is 0 Å². The van der Waals surface area contributed by atoms with E-state index in [4.69, 9.17) is 5.73 Å². The van der Waals surface area contributed by atoms with Crippen LogP contribution in [0.4, 0.5) is 10.1 Å². The Kier molecular flexibility index (Phi) is 4.37. The summed E-state index contributed by atoms with van der Waals surface area (Å²) >= 11 is 5.06. The lowest BCUT2D eigenvalue weighted by molar-refractivity contribution is 0.620. The predicted octanol–water partition coefficient (Wildman–Crippen LogP) is 3.74. The van der Waals surface area contributed by atoms with Gasteiger partial charge in [-0.05, 0) is 50.6 Å². The van der Waals surface area contributed by atoms with Crippen molar-refractivity contribution in [2.24, 2.45) is 5.73 Å². The fourth-order valence-electron chi connectivity index (χ4n) is 1.77. The molecule has 2 aromatic rings. The lowest BCUT2D eigenvalue weighted by atomic mass is 10.2. The zero-order chi connectivity index (χ0) is 13.1. The van der Waals surface area contributed by atoms with Gasteiger partial charge in [-0.25, -0.2) is 4.39 Å². The smallest absolute Gasteiger partial charge is 0.146 e. The van der Waals surface area contributed by atoms with Crippen LogP contribution in [0.1, 0.15) is 11.1 Å². The molecule has 1 aromatic carbocycles. The largest absolute Gasteiger partial charge is 0.368 e. The summed E-state index contributed by atoms with van der Waals surface area (Å²) in [6, 6.07) is 7.18. The van der Waals surface area contributed by atoms with Crippen molar-refractivity contribution in [1.29, 1.82) is 0 Å². The third-order valence-electron chi connectivity index (χ3n) is 2.70. The standard InChI is InChI=1S/C13H14BrFN2S/c1-17(7-10-5-13(14)18-8-10)12-3-2-9(6-16)4-11(12)15/h2-5,8H,6-7,16H2,1H3. The third-order valence-corrected chi connectivity index (χ3v) is 4.25. The minimum atomic E-state index is -0.227. The van der Waals surface area contributed by atoms with Crippen molar-refractivity contribution in [3.8, 4) is 0 Å². The van der Waals surface area contributed by atoms with Gasteiger partial charge < -0.3 is 10.6 Å². The van der Waals surface area contributed by atoms with Crippen LogP contribution in [0.15, 0.2) is 33.4 Å². The molecule has 0 bridgehead atoms. The topological polar surface area (TPSA) is 29.3 Å². The summed E-state index contributed by atoms with van der Waals surface area (Å²) in [6.07, 6.45) is 0. The molecule has 0 saturated heterocycles. The normalized spacial score (nSPS) is 10.7. The monoisotopic (exact) mass is 328 g/mol. The third kappa shape index (κ3) is 3.10. The second-order valence-corrected chi connectivity index (χ2v) is 6.40. The summed E-state index contributed by atoms with van der Waals surface area (Å²) in [5, 5.41) is 2.06. The van der Waals surface area contributed by atoms with Crippen molar-refractivity contribution in [2.75, 3.05) is 11.9 Å². The first-order chi connectivity index (χ1) is 8.60. The van der Waals surface area contributed by atoms with Gasteiger partial charge in [0.1, 0.15) is 5.82 Å². The van der Waals surface area contributed by atoms with Crippen molar-refractivity contribution in [1.82, 2.24) is 0 Å². The van der Waals surface area contributed by atoms with Crippen LogP contribution in [0.5, 0.6) is 0 Å². The van der Waals surface area contributed by atoms with Gasteiger partial charge in [-0.15, -0.1) is 11.3 Å². The molecule has 0 aliphatic carbocycles. The Hall–Kier alpha value is -0.910. The molecule has 0 aliphatic rings. The number of nitrogens with zero attached hydrogens (tertiary/aromatic N) is 1. The Bertz CT molecular complexity index is 542. The Morgan fingerprint density at radius 1 is 1.33 bits per heavy atom. The summed E-state index contributed by atoms with van der Waals surface area (Å²) in [6.45, 7) is 1.04. The van der Waals surface area contributed by atoms with E-state index < -0.39 is 0 Å². The van der Waals surface area contributed by atoms with Gasteiger partial charge in [0.05, 0.1) is 9.47 Å². The Balaban J connectivity index is 2.15. The van der Waals surface area contributed by atoms with Crippen molar-refractivity contribution in [3.05, 3.63) is 50.4 Å². The molecule has 0 unspecified atom stereocenters. The van der Waals surface area contributed by atoms with E-state index in [0.29, 0.717) is 18.8 Å². The lowest BCUT2D eigenvalue weighted by Crippen LogP contribution is -2.17. The zero-order valence-corrected chi connectivity index (χ0v) is 12.4. The van der Waals surface area contributed by atoms with Gasteiger partial charge in [0.2, 0.25) is 0 Å². The van der Waals surface area contributed by atoms with E-state index >= 15 is 0 Å². The first-order valence-electron chi connectivity index (χ1n) is 5.52. The molecule has 0 fully saturated rings. The van der Waals surface area contributed by atoms with Crippen LogP contribution in [0.3, 0.4) is 0 Å². The highest BCUT2D eigenvalue weighted by molar-refractivity contribution is 9.11. The number of anilines is 1. The van der Waals surface area contributed by atoms with E-state index in [0.717, 1.165) is 14.9 Å². The number of benzene rings is 1. The number of hydrogen-bond donors (Lipinski definition) is 1. The molecule has 0 radical (unpaired) electrons. The first kappa shape index (κ1) is 13.5. The lowest BCUT2D eigenvalue weighted by Gasteiger charge is -2.19. The minimum Gasteiger partial charge on any atom is -0.368 e. The van der Waals surface area contributed by atoms with Crippen LogP contribution in [0, 0.1) is 5.82 Å². The average molecular weight is 329 g/mol. The van der Waals surface area contributed by atoms with Crippen LogP contribution >= 0.6 is 27.3 Å². The molecule has 2 rings (SSSR count). The molecule has 18 heavy (non-hydrogen) atoms. The van der Waals surface area contributed by atoms with E-state index in [-0.39, 0.29) is 5.82 Å². The summed E-state index contributed by atoms with van der Waals surface area (Å²) < 4.78 is 15.0. The Labute approximate surface area is 118 Å². The maximum atomic E-state index is 13.9. The molecule has 0 saturated carbocycles. The molecule has 0 aliphatic heterocycles. The van der Waals surface area contributed by atoms with Crippen LogP contribution in [-0.4, -0.2) is 7.05 Å². The zero-order valence-electron chi connectivity index (χ0n) is 9.99. The predicted molar refractivity (Wildman–Crippen MR) is 78.4 cm³/mol. The van der Waals surface area contributed by atoms with Crippen LogP contribution in [-0.2, 0) is 13.1 Å². The molecule has 2 N–H and O–H groups in total. The highest BCUT2D eigenvalue weighted by atomic mass is 79.9. The molecule has 1 aromatic heterocycles. The second-order valence-electron chi connectivity index (χ2n) is 4.11. The van der Waals surface area contributed by atoms with Gasteiger partial charge in [-0.1, -0.05) is 6.07 Å². The summed E-state index contributed by atoms with van der Waals surface area (Å²) in [5.74, 6) is -0.227. The Morgan fingerprint density at radius 2 is 2.11 bits per heavy atom. The quantitative estimate of drug-likeness (QED) is 0.926. The van der Waals surface area contributed by atoms with Crippen molar-refractivity contribution in [3.63, 3.8) is 0 Å². The van der Waals surface area contributed by atoms with Crippen molar-refractivity contribution >= 4 is 33.0 Å². The van der Waals surface area contributed by atoms with E-state index in [1.807, 2.05) is 24.1 Å². The average Bonchev–Trinajstić information content (AvgIpc) is 2.74. The maximum absolute atomic E-state index is 13.9. The van der Waals surface area contributed by atoms with Crippen molar-refractivity contribution in [2.45, 2.75) is 13.1 Å². The number of halogens is 2. The maximum Gasteiger partial charge on any atom is 0.146 e. The van der Waals surface area contributed by atoms with Gasteiger partial charge >= 0.3 is 0 Å². The molecule has 0 atom stereocenters. The first-order valence-corrected chi connectivity index (χ1v) is 7.20. The second kappa shape index (κ2) is 5.82. The van der Waals surface area contributed by atoms with Crippen LogP contribution in [0.25, 0.3) is 0 Å². The number of thiophene rings is 1. The minimum absolute atomic E-state index is 0.227. The SMILES string of the molecule is CN(Cc1csc(Br)c1)c1ccc(CN)cc1F. The van der Waals surface area contributed by atoms with E-state index in [9.17, 15) is 4.39 Å². The highest BCUT2D eigenvalue weighted by Crippen LogP contribution is 2.25. The number of hydrogen-bond acceptors (Lipinski definition) is 3. The molecule has 96 valence electrons. The molecular formula is C13H14BrFN2S. The Morgan fingerprint density at radius 3 is 2.67 bits per heavy atom. The summed E-state index contributed by atoms with van der Waals surface area (Å²) in [4.78, 5) is 1.89. The summed E-state index contributed by atoms with van der Waals surface area (Å²) in [5.41, 5.74) is 8.05. The molecule has 2 nitrogen and oxygen atoms in total. The summed E-state index contributed by atoms with van der Waals surface area (Å²) in [7, 11) is 1.88. The molecule has 5 heteroatoms. The van der Waals surface area contributed by atoms with Crippen molar-refractivity contribution < 1.29 is 4.39 Å². The van der Waals surface area contributed by atoms with Crippen LogP contribution in [0.2, 0.25) is 0 Å². The van der Waals surface area contributed by atoms with E-state index in [2.05, 4.69) is 21.3 Å². The van der Waals surface area contributed by atoms with Gasteiger partial charge in [0.15, 0.2) is 0 Å². The van der Waals surface area contributed by atoms with Crippen LogP contribution < -0.4 is 10.6 Å². The highest BCUT2D eigenvalue weighted by Gasteiger charge is 2.09. The van der Waals surface area contributed by atoms with Gasteiger partial charge in [-0.2, -0.15) is 0 Å². The number of rotatable bonds is 4. The van der Waals surface area contributed by atoms with Gasteiger partial charge in [0, 0.05) is 20.1 Å². The van der Waals surface area contributed by atoms with E-state index in [1.54, 1.807) is 17.4 Å². The number of nitrogens with two attached hydrogens (primary N) is 1. The molecular weight excluding hydrogens is 315 g/mol. The van der Waals surface area contributed by atoms with E-state index in [1.165, 1.54) is 6.07 Å². The fraction of sp³-hybridized carbons (Fsp3) is 0.231. The molecule has 0 amide bonds. The molecule has 1 heterocycles. The molecule has 0 spiro atoms.